The summed E-state index contributed by atoms with van der Waals surface area (Å²) in [5.41, 5.74) is 0.662. The number of aliphatic hydroxyl groups is 2. The topological polar surface area (TPSA) is 115 Å². The van der Waals surface area contributed by atoms with E-state index in [4.69, 9.17) is 15.3 Å². The van der Waals surface area contributed by atoms with Crippen LogP contribution in [0, 0.1) is 5.92 Å². The first kappa shape index (κ1) is 25.3. The summed E-state index contributed by atoms with van der Waals surface area (Å²) in [5.74, 6) is -1.25. The summed E-state index contributed by atoms with van der Waals surface area (Å²) in [4.78, 5) is 20.4. The third-order valence-electron chi connectivity index (χ3n) is 3.40. The Balaban J connectivity index is 0.000000391. The first-order valence-corrected chi connectivity index (χ1v) is 9.06. The lowest BCUT2D eigenvalue weighted by Crippen LogP contribution is -2.16. The van der Waals surface area contributed by atoms with Crippen LogP contribution in [0.5, 0.6) is 0 Å². The van der Waals surface area contributed by atoms with Gasteiger partial charge >= 0.3 is 11.9 Å². The van der Waals surface area contributed by atoms with Crippen molar-refractivity contribution in [1.82, 2.24) is 0 Å². The van der Waals surface area contributed by atoms with Gasteiger partial charge in [0.1, 0.15) is 0 Å². The first-order chi connectivity index (χ1) is 13.1. The molecule has 6 heteroatoms. The lowest BCUT2D eigenvalue weighted by atomic mass is 10.0. The summed E-state index contributed by atoms with van der Waals surface area (Å²) in [6.45, 7) is 5.82. The van der Waals surface area contributed by atoms with Crippen LogP contribution >= 0.6 is 0 Å². The second-order valence-electron chi connectivity index (χ2n) is 6.71. The second kappa shape index (κ2) is 14.4. The Morgan fingerprint density at radius 3 is 1.29 bits per heavy atom. The molecular formula is C22H30O6. The normalized spacial score (nSPS) is 11.9. The van der Waals surface area contributed by atoms with Crippen molar-refractivity contribution in [2.45, 2.75) is 45.8 Å². The monoisotopic (exact) mass is 390 g/mol. The number of carboxylic acids is 2. The number of carboxylic acid groups (broad SMARTS) is 2. The third kappa shape index (κ3) is 13.5. The van der Waals surface area contributed by atoms with Crippen molar-refractivity contribution in [3.05, 3.63) is 71.8 Å². The Morgan fingerprint density at radius 2 is 1.07 bits per heavy atom. The molecule has 0 spiro atoms. The number of aromatic carboxylic acids is 2. The minimum absolute atomic E-state index is 0.331. The van der Waals surface area contributed by atoms with Crippen LogP contribution in [0.4, 0.5) is 0 Å². The molecule has 0 saturated carbocycles. The van der Waals surface area contributed by atoms with Crippen LogP contribution in [0.2, 0.25) is 0 Å². The molecule has 6 nitrogen and oxygen atoms in total. The van der Waals surface area contributed by atoms with Gasteiger partial charge in [-0.3, -0.25) is 0 Å². The van der Waals surface area contributed by atoms with Gasteiger partial charge in [0, 0.05) is 0 Å². The zero-order valence-electron chi connectivity index (χ0n) is 16.5. The van der Waals surface area contributed by atoms with E-state index in [1.54, 1.807) is 67.6 Å². The van der Waals surface area contributed by atoms with Gasteiger partial charge in [-0.25, -0.2) is 9.59 Å². The van der Waals surface area contributed by atoms with Gasteiger partial charge in [0.15, 0.2) is 0 Å². The van der Waals surface area contributed by atoms with Crippen LogP contribution < -0.4 is 0 Å². The molecule has 0 heterocycles. The molecule has 28 heavy (non-hydrogen) atoms. The lowest BCUT2D eigenvalue weighted by Gasteiger charge is -2.13. The molecule has 0 aliphatic rings. The van der Waals surface area contributed by atoms with Crippen LogP contribution in [-0.4, -0.2) is 44.6 Å². The fourth-order valence-corrected chi connectivity index (χ4v) is 2.20. The average Bonchev–Trinajstić information content (AvgIpc) is 2.63. The molecule has 0 radical (unpaired) electrons. The highest BCUT2D eigenvalue weighted by molar-refractivity contribution is 5.87. The van der Waals surface area contributed by atoms with Crippen molar-refractivity contribution >= 4 is 11.9 Å². The standard InChI is InChI=1S/C8H18O2.2C7H6O2/c1-6(2)4-8(10)5-7(3)9;2*8-7(9)6-4-2-1-3-5-6/h6-10H,4-5H2,1-3H3;2*1-5H,(H,8,9)/t7-,8+;;/m0../s1. The van der Waals surface area contributed by atoms with Crippen molar-refractivity contribution < 1.29 is 30.0 Å². The SMILES string of the molecule is CC(C)C[C@@H](O)C[C@H](C)O.O=C(O)c1ccccc1.O=C(O)c1ccccc1. The lowest BCUT2D eigenvalue weighted by molar-refractivity contribution is 0.0686. The Labute approximate surface area is 166 Å². The van der Waals surface area contributed by atoms with E-state index in [0.717, 1.165) is 6.42 Å². The maximum Gasteiger partial charge on any atom is 0.335 e. The molecule has 2 aromatic rings. The summed E-state index contributed by atoms with van der Waals surface area (Å²) in [5, 5.41) is 34.9. The molecule has 0 aliphatic heterocycles. The molecule has 0 aliphatic carbocycles. The average molecular weight is 390 g/mol. The van der Waals surface area contributed by atoms with E-state index in [0.29, 0.717) is 23.5 Å². The third-order valence-corrected chi connectivity index (χ3v) is 3.40. The van der Waals surface area contributed by atoms with Gasteiger partial charge in [-0.2, -0.15) is 0 Å². The second-order valence-corrected chi connectivity index (χ2v) is 6.71. The van der Waals surface area contributed by atoms with E-state index in [9.17, 15) is 14.7 Å². The molecule has 0 fully saturated rings. The van der Waals surface area contributed by atoms with E-state index in [2.05, 4.69) is 13.8 Å². The van der Waals surface area contributed by atoms with Gasteiger partial charge in [0.2, 0.25) is 0 Å². The van der Waals surface area contributed by atoms with Crippen LogP contribution in [0.25, 0.3) is 0 Å². The maximum absolute atomic E-state index is 10.2. The van der Waals surface area contributed by atoms with E-state index in [-0.39, 0.29) is 12.2 Å². The van der Waals surface area contributed by atoms with Crippen LogP contribution in [-0.2, 0) is 0 Å². The minimum Gasteiger partial charge on any atom is -0.478 e. The van der Waals surface area contributed by atoms with Crippen molar-refractivity contribution in [1.29, 1.82) is 0 Å². The Hall–Kier alpha value is -2.70. The molecule has 2 atom stereocenters. The zero-order valence-corrected chi connectivity index (χ0v) is 16.5. The summed E-state index contributed by atoms with van der Waals surface area (Å²) in [6, 6.07) is 16.6. The summed E-state index contributed by atoms with van der Waals surface area (Å²) in [7, 11) is 0. The first-order valence-electron chi connectivity index (χ1n) is 9.06. The van der Waals surface area contributed by atoms with Crippen molar-refractivity contribution in [2.75, 3.05) is 0 Å². The molecule has 0 unspecified atom stereocenters. The number of aliphatic hydroxyl groups excluding tert-OH is 2. The Kier molecular flexibility index (Phi) is 13.0. The fourth-order valence-electron chi connectivity index (χ4n) is 2.20. The number of benzene rings is 2. The molecule has 0 saturated heterocycles. The van der Waals surface area contributed by atoms with Gasteiger partial charge < -0.3 is 20.4 Å². The van der Waals surface area contributed by atoms with Gasteiger partial charge in [-0.05, 0) is 49.9 Å². The molecule has 0 amide bonds. The van der Waals surface area contributed by atoms with E-state index < -0.39 is 11.9 Å². The highest BCUT2D eigenvalue weighted by Crippen LogP contribution is 2.09. The zero-order chi connectivity index (χ0) is 21.5. The molecule has 4 N–H and O–H groups in total. The Morgan fingerprint density at radius 1 is 0.714 bits per heavy atom. The summed E-state index contributed by atoms with van der Waals surface area (Å²) < 4.78 is 0. The molecule has 0 aromatic heterocycles. The molecule has 0 bridgehead atoms. The molecule has 2 rings (SSSR count). The van der Waals surface area contributed by atoms with Gasteiger partial charge in [0.25, 0.3) is 0 Å². The summed E-state index contributed by atoms with van der Waals surface area (Å²) >= 11 is 0. The van der Waals surface area contributed by atoms with E-state index in [1.165, 1.54) is 0 Å². The number of rotatable bonds is 6. The molecule has 154 valence electrons. The van der Waals surface area contributed by atoms with E-state index in [1.807, 2.05) is 0 Å². The van der Waals surface area contributed by atoms with Crippen molar-refractivity contribution in [3.63, 3.8) is 0 Å². The van der Waals surface area contributed by atoms with Crippen molar-refractivity contribution in [2.24, 2.45) is 5.92 Å². The predicted molar refractivity (Wildman–Crippen MR) is 109 cm³/mol. The highest BCUT2D eigenvalue weighted by Gasteiger charge is 2.09. The van der Waals surface area contributed by atoms with Gasteiger partial charge in [0.05, 0.1) is 23.3 Å². The smallest absolute Gasteiger partial charge is 0.335 e. The molecule has 2 aromatic carbocycles. The van der Waals surface area contributed by atoms with Crippen LogP contribution in [0.1, 0.15) is 54.3 Å². The van der Waals surface area contributed by atoms with Gasteiger partial charge in [-0.15, -0.1) is 0 Å². The number of hydrogen-bond acceptors (Lipinski definition) is 4. The largest absolute Gasteiger partial charge is 0.478 e. The summed E-state index contributed by atoms with van der Waals surface area (Å²) in [6.07, 6.45) is 0.567. The number of hydrogen-bond donors (Lipinski definition) is 4. The van der Waals surface area contributed by atoms with Crippen molar-refractivity contribution in [3.8, 4) is 0 Å². The minimum atomic E-state index is -0.879. The van der Waals surface area contributed by atoms with Crippen LogP contribution in [0.3, 0.4) is 0 Å². The van der Waals surface area contributed by atoms with Crippen LogP contribution in [0.15, 0.2) is 60.7 Å². The predicted octanol–water partition coefficient (Wildman–Crippen LogP) is 3.93. The highest BCUT2D eigenvalue weighted by atomic mass is 16.4. The van der Waals surface area contributed by atoms with Gasteiger partial charge in [-0.1, -0.05) is 50.2 Å². The quantitative estimate of drug-likeness (QED) is 0.594. The number of carbonyl (C=O) groups is 2. The fraction of sp³-hybridized carbons (Fsp3) is 0.364. The molecular weight excluding hydrogens is 360 g/mol. The van der Waals surface area contributed by atoms with E-state index >= 15 is 0 Å². The Bertz CT molecular complexity index is 608. The maximum atomic E-state index is 10.2.